The first-order valence-corrected chi connectivity index (χ1v) is 10.8. The highest BCUT2D eigenvalue weighted by atomic mass is 16.1. The SMILES string of the molecule is O=c1c(-c2ncc[nH]2)ccc2n1C[C@H]1C[C@@H]2CN(Cc2ccnn2-c2ccccc2)C1. The van der Waals surface area contributed by atoms with Crippen LogP contribution in [0.4, 0.5) is 0 Å². The van der Waals surface area contributed by atoms with Crippen molar-refractivity contribution >= 4 is 0 Å². The minimum atomic E-state index is 0.0674. The summed E-state index contributed by atoms with van der Waals surface area (Å²) >= 11 is 0. The van der Waals surface area contributed by atoms with Crippen molar-refractivity contribution in [2.45, 2.75) is 25.4 Å². The highest BCUT2D eigenvalue weighted by Crippen LogP contribution is 2.36. The van der Waals surface area contributed by atoms with Crippen LogP contribution >= 0.6 is 0 Å². The Morgan fingerprint density at radius 2 is 1.90 bits per heavy atom. The molecule has 6 rings (SSSR count). The summed E-state index contributed by atoms with van der Waals surface area (Å²) in [4.78, 5) is 23.0. The summed E-state index contributed by atoms with van der Waals surface area (Å²) in [7, 11) is 0. The maximum atomic E-state index is 13.2. The quantitative estimate of drug-likeness (QED) is 0.559. The first-order chi connectivity index (χ1) is 15.3. The number of likely N-dealkylation sites (tertiary alicyclic amines) is 1. The monoisotopic (exact) mass is 412 g/mol. The third-order valence-corrected chi connectivity index (χ3v) is 6.54. The van der Waals surface area contributed by atoms with Crippen LogP contribution in [0.25, 0.3) is 17.1 Å². The second-order valence-electron chi connectivity index (χ2n) is 8.59. The maximum absolute atomic E-state index is 13.2. The molecule has 2 aliphatic heterocycles. The van der Waals surface area contributed by atoms with E-state index in [9.17, 15) is 4.79 Å². The Morgan fingerprint density at radius 3 is 2.74 bits per heavy atom. The van der Waals surface area contributed by atoms with Gasteiger partial charge in [0, 0.05) is 56.4 Å². The topological polar surface area (TPSA) is 71.7 Å². The molecule has 156 valence electrons. The molecule has 0 radical (unpaired) electrons. The van der Waals surface area contributed by atoms with Gasteiger partial charge in [-0.15, -0.1) is 0 Å². The number of nitrogens with one attached hydrogen (secondary N) is 1. The molecular weight excluding hydrogens is 388 g/mol. The van der Waals surface area contributed by atoms with Crippen molar-refractivity contribution in [1.82, 2.24) is 29.2 Å². The van der Waals surface area contributed by atoms with Crippen molar-refractivity contribution in [1.29, 1.82) is 0 Å². The number of H-pyrrole nitrogens is 1. The van der Waals surface area contributed by atoms with E-state index in [-0.39, 0.29) is 5.56 Å². The molecule has 2 atom stereocenters. The van der Waals surface area contributed by atoms with Crippen molar-refractivity contribution < 1.29 is 0 Å². The minimum absolute atomic E-state index is 0.0674. The molecule has 0 amide bonds. The van der Waals surface area contributed by atoms with E-state index in [1.54, 1.807) is 12.4 Å². The largest absolute Gasteiger partial charge is 0.344 e. The molecular formula is C24H24N6O. The predicted octanol–water partition coefficient (Wildman–Crippen LogP) is 3.04. The summed E-state index contributed by atoms with van der Waals surface area (Å²) in [6, 6.07) is 16.4. The molecule has 1 N–H and O–H groups in total. The summed E-state index contributed by atoms with van der Waals surface area (Å²) < 4.78 is 4.01. The van der Waals surface area contributed by atoms with Crippen LogP contribution in [0.5, 0.6) is 0 Å². The van der Waals surface area contributed by atoms with Crippen molar-refractivity contribution in [3.05, 3.63) is 88.9 Å². The highest BCUT2D eigenvalue weighted by molar-refractivity contribution is 5.53. The van der Waals surface area contributed by atoms with Gasteiger partial charge in [0.05, 0.1) is 16.9 Å². The number of benzene rings is 1. The van der Waals surface area contributed by atoms with Crippen molar-refractivity contribution in [2.75, 3.05) is 13.1 Å². The number of aromatic amines is 1. The second-order valence-corrected chi connectivity index (χ2v) is 8.59. The lowest BCUT2D eigenvalue weighted by atomic mass is 9.83. The number of imidazole rings is 1. The summed E-state index contributed by atoms with van der Waals surface area (Å²) in [5, 5.41) is 4.54. The van der Waals surface area contributed by atoms with Crippen molar-refractivity contribution in [3.8, 4) is 17.1 Å². The maximum Gasteiger partial charge on any atom is 0.261 e. The molecule has 3 aromatic heterocycles. The molecule has 1 fully saturated rings. The van der Waals surface area contributed by atoms with Gasteiger partial charge < -0.3 is 9.55 Å². The molecule has 5 heterocycles. The zero-order valence-corrected chi connectivity index (χ0v) is 17.2. The van der Waals surface area contributed by atoms with E-state index in [2.05, 4.69) is 44.2 Å². The van der Waals surface area contributed by atoms with Gasteiger partial charge in [-0.3, -0.25) is 9.69 Å². The predicted molar refractivity (Wildman–Crippen MR) is 118 cm³/mol. The number of pyridine rings is 1. The number of rotatable bonds is 4. The molecule has 7 nitrogen and oxygen atoms in total. The van der Waals surface area contributed by atoms with Crippen LogP contribution in [-0.2, 0) is 13.1 Å². The summed E-state index contributed by atoms with van der Waals surface area (Å²) in [6.45, 7) is 3.58. The van der Waals surface area contributed by atoms with Crippen LogP contribution in [0.3, 0.4) is 0 Å². The number of para-hydroxylation sites is 1. The van der Waals surface area contributed by atoms with Gasteiger partial charge in [-0.2, -0.15) is 5.10 Å². The molecule has 1 saturated heterocycles. The number of hydrogen-bond acceptors (Lipinski definition) is 4. The molecule has 0 saturated carbocycles. The average Bonchev–Trinajstić information content (AvgIpc) is 3.48. The molecule has 0 unspecified atom stereocenters. The first-order valence-electron chi connectivity index (χ1n) is 10.8. The number of nitrogens with zero attached hydrogens (tertiary/aromatic N) is 5. The van der Waals surface area contributed by atoms with Gasteiger partial charge in [0.1, 0.15) is 5.82 Å². The number of aromatic nitrogens is 5. The third-order valence-electron chi connectivity index (χ3n) is 6.54. The van der Waals surface area contributed by atoms with Crippen LogP contribution in [0.1, 0.15) is 23.7 Å². The van der Waals surface area contributed by atoms with E-state index < -0.39 is 0 Å². The van der Waals surface area contributed by atoms with Gasteiger partial charge in [0.25, 0.3) is 5.56 Å². The molecule has 2 bridgehead atoms. The molecule has 31 heavy (non-hydrogen) atoms. The van der Waals surface area contributed by atoms with E-state index in [4.69, 9.17) is 0 Å². The molecule has 0 spiro atoms. The lowest BCUT2D eigenvalue weighted by Crippen LogP contribution is -2.47. The van der Waals surface area contributed by atoms with E-state index in [0.29, 0.717) is 23.2 Å². The van der Waals surface area contributed by atoms with Gasteiger partial charge >= 0.3 is 0 Å². The lowest BCUT2D eigenvalue weighted by molar-refractivity contribution is 0.112. The Hall–Kier alpha value is -3.45. The van der Waals surface area contributed by atoms with Gasteiger partial charge in [0.2, 0.25) is 0 Å². The summed E-state index contributed by atoms with van der Waals surface area (Å²) in [5.74, 6) is 1.50. The van der Waals surface area contributed by atoms with Crippen LogP contribution in [0.2, 0.25) is 0 Å². The van der Waals surface area contributed by atoms with E-state index in [1.165, 1.54) is 5.69 Å². The van der Waals surface area contributed by atoms with Gasteiger partial charge in [-0.05, 0) is 42.7 Å². The van der Waals surface area contributed by atoms with Gasteiger partial charge in [-0.1, -0.05) is 18.2 Å². The Balaban J connectivity index is 1.27. The Kier molecular flexibility index (Phi) is 4.35. The fourth-order valence-electron chi connectivity index (χ4n) is 5.25. The van der Waals surface area contributed by atoms with Crippen molar-refractivity contribution in [2.24, 2.45) is 5.92 Å². The Morgan fingerprint density at radius 1 is 1.00 bits per heavy atom. The first kappa shape index (κ1) is 18.3. The number of fused-ring (bicyclic) bond motifs is 4. The lowest BCUT2D eigenvalue weighted by Gasteiger charge is -2.42. The molecule has 7 heteroatoms. The normalized spacial score (nSPS) is 20.5. The minimum Gasteiger partial charge on any atom is -0.344 e. The van der Waals surface area contributed by atoms with Crippen molar-refractivity contribution in [3.63, 3.8) is 0 Å². The smallest absolute Gasteiger partial charge is 0.261 e. The molecule has 0 aliphatic carbocycles. The zero-order valence-electron chi connectivity index (χ0n) is 17.2. The highest BCUT2D eigenvalue weighted by Gasteiger charge is 2.35. The Labute approximate surface area is 180 Å². The third kappa shape index (κ3) is 3.21. The summed E-state index contributed by atoms with van der Waals surface area (Å²) in [6.07, 6.45) is 6.46. The number of piperidine rings is 1. The fourth-order valence-corrected chi connectivity index (χ4v) is 5.25. The fraction of sp³-hybridized carbons (Fsp3) is 0.292. The average molecular weight is 412 g/mol. The molecule has 4 aromatic rings. The number of hydrogen-bond donors (Lipinski definition) is 1. The van der Waals surface area contributed by atoms with Crippen LogP contribution in [0, 0.1) is 5.92 Å². The van der Waals surface area contributed by atoms with E-state index in [1.807, 2.05) is 39.7 Å². The summed E-state index contributed by atoms with van der Waals surface area (Å²) in [5.41, 5.74) is 4.15. The zero-order chi connectivity index (χ0) is 20.8. The van der Waals surface area contributed by atoms with Crippen LogP contribution in [0.15, 0.2) is 71.9 Å². The van der Waals surface area contributed by atoms with Gasteiger partial charge in [-0.25, -0.2) is 9.67 Å². The van der Waals surface area contributed by atoms with Crippen LogP contribution < -0.4 is 5.56 Å². The molecule has 1 aromatic carbocycles. The second kappa shape index (κ2) is 7.35. The Bertz CT molecular complexity index is 1260. The molecule has 2 aliphatic rings. The van der Waals surface area contributed by atoms with E-state index >= 15 is 0 Å². The van der Waals surface area contributed by atoms with Gasteiger partial charge in [0.15, 0.2) is 0 Å². The van der Waals surface area contributed by atoms with Crippen LogP contribution in [-0.4, -0.2) is 42.3 Å². The van der Waals surface area contributed by atoms with E-state index in [0.717, 1.165) is 44.0 Å². The standard InChI is InChI=1S/C24H24N6O/c31-24-21(23-25-10-11-26-23)6-7-22-18-12-17(14-29(22)24)13-28(15-18)16-20-8-9-27-30(20)19-4-2-1-3-5-19/h1-11,17-18H,12-16H2,(H,25,26)/t17-,18+/m0/s1.